The molecule has 0 saturated heterocycles. The van der Waals surface area contributed by atoms with Crippen molar-refractivity contribution in [3.8, 4) is 5.75 Å². The Balaban J connectivity index is 2.01. The van der Waals surface area contributed by atoms with Crippen LogP contribution in [0.4, 0.5) is 4.39 Å². The fourth-order valence-electron chi connectivity index (χ4n) is 3.24. The third-order valence-electron chi connectivity index (χ3n) is 4.32. The van der Waals surface area contributed by atoms with Gasteiger partial charge in [0.15, 0.2) is 0 Å². The van der Waals surface area contributed by atoms with Gasteiger partial charge in [-0.2, -0.15) is 0 Å². The van der Waals surface area contributed by atoms with Crippen LogP contribution in [-0.4, -0.2) is 10.7 Å². The zero-order valence-corrected chi connectivity index (χ0v) is 9.95. The summed E-state index contributed by atoms with van der Waals surface area (Å²) in [6.07, 6.45) is 3.26. The van der Waals surface area contributed by atoms with E-state index >= 15 is 0 Å². The van der Waals surface area contributed by atoms with Crippen LogP contribution in [0.25, 0.3) is 0 Å². The quantitative estimate of drug-likeness (QED) is 0.749. The van der Waals surface area contributed by atoms with E-state index in [-0.39, 0.29) is 11.4 Å². The molecule has 3 atom stereocenters. The first-order valence-electron chi connectivity index (χ1n) is 6.27. The molecule has 1 aromatic carbocycles. The van der Waals surface area contributed by atoms with Gasteiger partial charge in [0, 0.05) is 12.0 Å². The van der Waals surface area contributed by atoms with E-state index in [4.69, 9.17) is 4.74 Å². The number of aliphatic hydroxyl groups is 1. The first kappa shape index (κ1) is 11.0. The maximum Gasteiger partial charge on any atom is 0.126 e. The topological polar surface area (TPSA) is 29.5 Å². The van der Waals surface area contributed by atoms with E-state index < -0.39 is 6.10 Å². The highest BCUT2D eigenvalue weighted by atomic mass is 19.1. The van der Waals surface area contributed by atoms with Crippen molar-refractivity contribution in [3.05, 3.63) is 29.6 Å². The average Bonchev–Trinajstić information content (AvgIpc) is 2.62. The number of halogens is 1. The Bertz CT molecular complexity index is 446. The van der Waals surface area contributed by atoms with E-state index in [1.54, 1.807) is 6.07 Å². The molecule has 92 valence electrons. The second-order valence-electron chi connectivity index (χ2n) is 5.36. The number of hydrogen-bond donors (Lipinski definition) is 1. The van der Waals surface area contributed by atoms with Crippen molar-refractivity contribution in [2.45, 2.75) is 44.3 Å². The summed E-state index contributed by atoms with van der Waals surface area (Å²) in [6, 6.07) is 4.41. The van der Waals surface area contributed by atoms with Crippen molar-refractivity contribution >= 4 is 0 Å². The highest BCUT2D eigenvalue weighted by molar-refractivity contribution is 5.39. The fourth-order valence-corrected chi connectivity index (χ4v) is 3.24. The Kier molecular flexibility index (Phi) is 2.40. The molecule has 2 aliphatic rings. The van der Waals surface area contributed by atoms with Crippen molar-refractivity contribution in [1.29, 1.82) is 0 Å². The molecule has 0 aromatic heterocycles. The third kappa shape index (κ3) is 1.64. The number of fused-ring (bicyclic) bond motifs is 1. The smallest absolute Gasteiger partial charge is 0.126 e. The SMILES string of the molecule is CC1CCCC12C[C@@H](O)c1cc(F)ccc1O2. The van der Waals surface area contributed by atoms with E-state index in [0.29, 0.717) is 23.7 Å². The van der Waals surface area contributed by atoms with E-state index in [1.807, 2.05) is 0 Å². The predicted molar refractivity (Wildman–Crippen MR) is 62.4 cm³/mol. The summed E-state index contributed by atoms with van der Waals surface area (Å²) in [7, 11) is 0. The molecule has 17 heavy (non-hydrogen) atoms. The van der Waals surface area contributed by atoms with Crippen LogP contribution in [0.2, 0.25) is 0 Å². The molecule has 3 rings (SSSR count). The minimum Gasteiger partial charge on any atom is -0.487 e. The highest BCUT2D eigenvalue weighted by Gasteiger charge is 2.47. The Morgan fingerprint density at radius 3 is 3.00 bits per heavy atom. The highest BCUT2D eigenvalue weighted by Crippen LogP contribution is 2.49. The molecule has 0 bridgehead atoms. The van der Waals surface area contributed by atoms with Crippen LogP contribution in [0, 0.1) is 11.7 Å². The van der Waals surface area contributed by atoms with Gasteiger partial charge >= 0.3 is 0 Å². The van der Waals surface area contributed by atoms with Gasteiger partial charge in [0.1, 0.15) is 17.2 Å². The zero-order chi connectivity index (χ0) is 12.0. The molecule has 3 heteroatoms. The lowest BCUT2D eigenvalue weighted by Crippen LogP contribution is -2.43. The second-order valence-corrected chi connectivity index (χ2v) is 5.36. The Morgan fingerprint density at radius 1 is 1.47 bits per heavy atom. The molecule has 1 aliphatic carbocycles. The predicted octanol–water partition coefficient (Wildman–Crippen LogP) is 3.20. The third-order valence-corrected chi connectivity index (χ3v) is 4.32. The van der Waals surface area contributed by atoms with Crippen molar-refractivity contribution in [2.24, 2.45) is 5.92 Å². The number of hydrogen-bond acceptors (Lipinski definition) is 2. The minimum atomic E-state index is -0.602. The summed E-state index contributed by atoms with van der Waals surface area (Å²) in [5.41, 5.74) is 0.360. The van der Waals surface area contributed by atoms with Crippen molar-refractivity contribution in [3.63, 3.8) is 0 Å². The van der Waals surface area contributed by atoms with Crippen LogP contribution in [-0.2, 0) is 0 Å². The molecule has 0 amide bonds. The molecule has 2 unspecified atom stereocenters. The number of rotatable bonds is 0. The molecule has 1 N–H and O–H groups in total. The molecule has 0 radical (unpaired) electrons. The maximum atomic E-state index is 13.1. The Morgan fingerprint density at radius 2 is 2.29 bits per heavy atom. The first-order chi connectivity index (χ1) is 8.11. The van der Waals surface area contributed by atoms with E-state index in [0.717, 1.165) is 19.3 Å². The molecular formula is C14H17FO2. The van der Waals surface area contributed by atoms with Gasteiger partial charge in [-0.25, -0.2) is 4.39 Å². The van der Waals surface area contributed by atoms with E-state index in [1.165, 1.54) is 12.1 Å². The van der Waals surface area contributed by atoms with Gasteiger partial charge in [0.05, 0.1) is 6.10 Å². The Hall–Kier alpha value is -1.09. The second kappa shape index (κ2) is 3.70. The minimum absolute atomic E-state index is 0.232. The van der Waals surface area contributed by atoms with Crippen molar-refractivity contribution in [1.82, 2.24) is 0 Å². The molecule has 1 aromatic rings. The molecule has 1 aliphatic heterocycles. The summed E-state index contributed by atoms with van der Waals surface area (Å²) < 4.78 is 19.2. The number of aliphatic hydroxyl groups excluding tert-OH is 1. The number of benzene rings is 1. The average molecular weight is 236 g/mol. The van der Waals surface area contributed by atoms with Crippen molar-refractivity contribution in [2.75, 3.05) is 0 Å². The van der Waals surface area contributed by atoms with Crippen LogP contribution >= 0.6 is 0 Å². The standard InChI is InChI=1S/C14H17FO2/c1-9-3-2-6-14(9)8-12(16)11-7-10(15)4-5-13(11)17-14/h4-5,7,9,12,16H,2-3,6,8H2,1H3/t9?,12-,14?/m1/s1. The van der Waals surface area contributed by atoms with E-state index in [9.17, 15) is 9.50 Å². The lowest BCUT2D eigenvalue weighted by molar-refractivity contribution is -0.0358. The van der Waals surface area contributed by atoms with Crippen LogP contribution in [0.15, 0.2) is 18.2 Å². The van der Waals surface area contributed by atoms with Crippen molar-refractivity contribution < 1.29 is 14.2 Å². The van der Waals surface area contributed by atoms with Gasteiger partial charge in [0.2, 0.25) is 0 Å². The van der Waals surface area contributed by atoms with Gasteiger partial charge < -0.3 is 9.84 Å². The van der Waals surface area contributed by atoms with Gasteiger partial charge in [-0.15, -0.1) is 0 Å². The molecular weight excluding hydrogens is 219 g/mol. The van der Waals surface area contributed by atoms with Crippen LogP contribution < -0.4 is 4.74 Å². The molecule has 1 spiro atoms. The van der Waals surface area contributed by atoms with Crippen LogP contribution in [0.5, 0.6) is 5.75 Å². The van der Waals surface area contributed by atoms with Gasteiger partial charge in [-0.1, -0.05) is 6.92 Å². The lowest BCUT2D eigenvalue weighted by Gasteiger charge is -2.41. The summed E-state index contributed by atoms with van der Waals surface area (Å²) in [4.78, 5) is 0. The molecule has 1 saturated carbocycles. The first-order valence-corrected chi connectivity index (χ1v) is 6.27. The molecule has 2 nitrogen and oxygen atoms in total. The molecule has 1 fully saturated rings. The van der Waals surface area contributed by atoms with Crippen LogP contribution in [0.1, 0.15) is 44.3 Å². The van der Waals surface area contributed by atoms with Crippen LogP contribution in [0.3, 0.4) is 0 Å². The zero-order valence-electron chi connectivity index (χ0n) is 9.95. The lowest BCUT2D eigenvalue weighted by atomic mass is 9.82. The summed E-state index contributed by atoms with van der Waals surface area (Å²) in [5, 5.41) is 10.2. The fraction of sp³-hybridized carbons (Fsp3) is 0.571. The van der Waals surface area contributed by atoms with Gasteiger partial charge in [-0.05, 0) is 43.4 Å². The summed E-state index contributed by atoms with van der Waals surface area (Å²) in [6.45, 7) is 2.17. The monoisotopic (exact) mass is 236 g/mol. The summed E-state index contributed by atoms with van der Waals surface area (Å²) in [5.74, 6) is 0.788. The number of ether oxygens (including phenoxy) is 1. The van der Waals surface area contributed by atoms with Gasteiger partial charge in [-0.3, -0.25) is 0 Å². The largest absolute Gasteiger partial charge is 0.487 e. The van der Waals surface area contributed by atoms with E-state index in [2.05, 4.69) is 6.92 Å². The summed E-state index contributed by atoms with van der Waals surface area (Å²) >= 11 is 0. The normalized spacial score (nSPS) is 35.7. The maximum absolute atomic E-state index is 13.1. The Labute approximate surface area is 100 Å². The molecule has 1 heterocycles. The van der Waals surface area contributed by atoms with Gasteiger partial charge in [0.25, 0.3) is 0 Å².